The highest BCUT2D eigenvalue weighted by atomic mass is 16.5. The lowest BCUT2D eigenvalue weighted by atomic mass is 9.94. The van der Waals surface area contributed by atoms with Gasteiger partial charge in [0.05, 0.1) is 6.61 Å². The smallest absolute Gasteiger partial charge is 0.303 e. The van der Waals surface area contributed by atoms with Crippen molar-refractivity contribution in [3.05, 3.63) is 65.5 Å². The normalized spacial score (nSPS) is 12.2. The van der Waals surface area contributed by atoms with E-state index in [1.165, 1.54) is 0 Å². The summed E-state index contributed by atoms with van der Waals surface area (Å²) in [7, 11) is 1.94. The van der Waals surface area contributed by atoms with Gasteiger partial charge in [0.15, 0.2) is 5.78 Å². The molecule has 0 aliphatic rings. The van der Waals surface area contributed by atoms with Gasteiger partial charge in [-0.1, -0.05) is 37.3 Å². The van der Waals surface area contributed by atoms with E-state index in [1.807, 2.05) is 54.1 Å². The molecule has 3 aromatic rings. The number of pyridine rings is 1. The molecule has 1 aromatic carbocycles. The van der Waals surface area contributed by atoms with Crippen molar-refractivity contribution in [1.82, 2.24) is 9.55 Å². The summed E-state index contributed by atoms with van der Waals surface area (Å²) in [5.41, 5.74) is 3.59. The maximum absolute atomic E-state index is 13.1. The molecule has 3 rings (SSSR count). The molecule has 0 fully saturated rings. The average molecular weight is 423 g/mol. The van der Waals surface area contributed by atoms with Gasteiger partial charge in [0, 0.05) is 49.3 Å². The minimum absolute atomic E-state index is 0.0111. The fraction of sp³-hybridized carbons (Fsp3) is 0.400. The van der Waals surface area contributed by atoms with Crippen LogP contribution in [-0.2, 0) is 29.6 Å². The predicted octanol–water partition coefficient (Wildman–Crippen LogP) is 4.80. The van der Waals surface area contributed by atoms with Gasteiger partial charge in [0.25, 0.3) is 0 Å². The third-order valence-corrected chi connectivity index (χ3v) is 5.47. The summed E-state index contributed by atoms with van der Waals surface area (Å²) in [5, 5.41) is 9.86. The molecule has 0 saturated carbocycles. The summed E-state index contributed by atoms with van der Waals surface area (Å²) >= 11 is 0. The highest BCUT2D eigenvalue weighted by molar-refractivity contribution is 6.09. The number of unbranched alkanes of at least 4 members (excludes halogenated alkanes) is 1. The van der Waals surface area contributed by atoms with Crippen LogP contribution in [-0.4, -0.2) is 33.0 Å². The van der Waals surface area contributed by atoms with Crippen LogP contribution in [0.3, 0.4) is 0 Å². The Morgan fingerprint density at radius 3 is 2.61 bits per heavy atom. The number of nitrogens with zero attached hydrogens (tertiary/aromatic N) is 2. The number of benzene rings is 1. The van der Waals surface area contributed by atoms with Gasteiger partial charge >= 0.3 is 5.97 Å². The number of carboxylic acid groups (broad SMARTS) is 1. The minimum Gasteiger partial charge on any atom is -0.481 e. The Morgan fingerprint density at radius 2 is 1.87 bits per heavy atom. The molecule has 6 nitrogen and oxygen atoms in total. The summed E-state index contributed by atoms with van der Waals surface area (Å²) in [4.78, 5) is 28.6. The quantitative estimate of drug-likeness (QED) is 0.335. The van der Waals surface area contributed by atoms with Gasteiger partial charge in [0.1, 0.15) is 5.65 Å². The third kappa shape index (κ3) is 6.01. The molecule has 0 spiro atoms. The van der Waals surface area contributed by atoms with Gasteiger partial charge in [-0.25, -0.2) is 4.98 Å². The molecule has 0 unspecified atom stereocenters. The zero-order chi connectivity index (χ0) is 22.2. The number of rotatable bonds is 12. The van der Waals surface area contributed by atoms with Gasteiger partial charge in [-0.2, -0.15) is 0 Å². The number of ether oxygens (including phenoxy) is 1. The molecule has 0 saturated heterocycles. The van der Waals surface area contributed by atoms with E-state index in [9.17, 15) is 9.59 Å². The van der Waals surface area contributed by atoms with Crippen molar-refractivity contribution in [3.63, 3.8) is 0 Å². The van der Waals surface area contributed by atoms with Crippen molar-refractivity contribution >= 4 is 22.8 Å². The largest absolute Gasteiger partial charge is 0.481 e. The lowest BCUT2D eigenvalue weighted by Gasteiger charge is -2.11. The lowest BCUT2D eigenvalue weighted by molar-refractivity contribution is -0.137. The molecule has 6 heteroatoms. The number of Topliss-reactive ketones (excluding diaryl/α,β-unsaturated/α-hetero) is 1. The van der Waals surface area contributed by atoms with Crippen LogP contribution in [0.4, 0.5) is 0 Å². The second kappa shape index (κ2) is 10.9. The van der Waals surface area contributed by atoms with Gasteiger partial charge in [-0.15, -0.1) is 0 Å². The first-order valence-electron chi connectivity index (χ1n) is 10.8. The zero-order valence-corrected chi connectivity index (χ0v) is 18.2. The van der Waals surface area contributed by atoms with Crippen LogP contribution in [0.2, 0.25) is 0 Å². The Bertz CT molecular complexity index is 1030. The molecule has 0 amide bonds. The third-order valence-electron chi connectivity index (χ3n) is 5.47. The maximum Gasteiger partial charge on any atom is 0.303 e. The van der Waals surface area contributed by atoms with Crippen LogP contribution in [0.5, 0.6) is 0 Å². The number of aliphatic carboxylic acids is 1. The van der Waals surface area contributed by atoms with Gasteiger partial charge < -0.3 is 14.4 Å². The summed E-state index contributed by atoms with van der Waals surface area (Å²) in [6.07, 6.45) is 4.46. The van der Waals surface area contributed by atoms with E-state index >= 15 is 0 Å². The standard InChI is InChI=1S/C25H30N2O4/c1-18(16-23(29)30)15-22(28)24-20-11-8-13-26-25(20)27(2)21(24)12-6-7-14-31-17-19-9-4-3-5-10-19/h3-5,8-11,13,18H,6-7,12,14-17H2,1-2H3,(H,29,30)/t18-/m0/s1. The van der Waals surface area contributed by atoms with E-state index in [1.54, 1.807) is 13.1 Å². The second-order valence-corrected chi connectivity index (χ2v) is 8.08. The number of aryl methyl sites for hydroxylation is 1. The van der Waals surface area contributed by atoms with Crippen LogP contribution in [0.25, 0.3) is 11.0 Å². The van der Waals surface area contributed by atoms with Crippen LogP contribution in [0, 0.1) is 5.92 Å². The molecule has 1 N–H and O–H groups in total. The minimum atomic E-state index is -0.879. The molecular weight excluding hydrogens is 392 g/mol. The first-order valence-corrected chi connectivity index (χ1v) is 10.8. The van der Waals surface area contributed by atoms with Crippen molar-refractivity contribution in [1.29, 1.82) is 0 Å². The Kier molecular flexibility index (Phi) is 7.95. The molecule has 0 aliphatic heterocycles. The molecule has 164 valence electrons. The topological polar surface area (TPSA) is 81.4 Å². The summed E-state index contributed by atoms with van der Waals surface area (Å²) in [5.74, 6) is -1.10. The highest BCUT2D eigenvalue weighted by Gasteiger charge is 2.23. The zero-order valence-electron chi connectivity index (χ0n) is 18.2. The number of carboxylic acids is 1. The number of hydrogen-bond acceptors (Lipinski definition) is 4. The van der Waals surface area contributed by atoms with Crippen molar-refractivity contribution in [3.8, 4) is 0 Å². The Labute approximate surface area is 182 Å². The predicted molar refractivity (Wildman–Crippen MR) is 120 cm³/mol. The van der Waals surface area contributed by atoms with Gasteiger partial charge in [-0.05, 0) is 42.9 Å². The number of aromatic nitrogens is 2. The van der Waals surface area contributed by atoms with Crippen LogP contribution in [0.1, 0.15) is 54.2 Å². The van der Waals surface area contributed by atoms with Crippen LogP contribution in [0.15, 0.2) is 48.7 Å². The molecular formula is C25H30N2O4. The van der Waals surface area contributed by atoms with Crippen LogP contribution >= 0.6 is 0 Å². The van der Waals surface area contributed by atoms with E-state index in [4.69, 9.17) is 9.84 Å². The fourth-order valence-electron chi connectivity index (χ4n) is 3.96. The summed E-state index contributed by atoms with van der Waals surface area (Å²) in [6.45, 7) is 3.07. The monoisotopic (exact) mass is 422 g/mol. The van der Waals surface area contributed by atoms with E-state index in [2.05, 4.69) is 4.98 Å². The SMILES string of the molecule is C[C@H](CC(=O)O)CC(=O)c1c(CCCCOCc2ccccc2)n(C)c2ncccc12. The highest BCUT2D eigenvalue weighted by Crippen LogP contribution is 2.28. The molecule has 0 bridgehead atoms. The molecule has 2 heterocycles. The number of carbonyl (C=O) groups is 2. The maximum atomic E-state index is 13.1. The van der Waals surface area contributed by atoms with Gasteiger partial charge in [-0.3, -0.25) is 9.59 Å². The Hall–Kier alpha value is -2.99. The van der Waals surface area contributed by atoms with E-state index in [0.29, 0.717) is 18.8 Å². The lowest BCUT2D eigenvalue weighted by Crippen LogP contribution is -2.12. The second-order valence-electron chi connectivity index (χ2n) is 8.08. The van der Waals surface area contributed by atoms with Crippen molar-refractivity contribution in [2.24, 2.45) is 13.0 Å². The first kappa shape index (κ1) is 22.7. The van der Waals surface area contributed by atoms with E-state index in [0.717, 1.165) is 41.6 Å². The fourth-order valence-corrected chi connectivity index (χ4v) is 3.96. The number of carbonyl (C=O) groups excluding carboxylic acids is 1. The number of ketones is 1. The number of fused-ring (bicyclic) bond motifs is 1. The van der Waals surface area contributed by atoms with E-state index in [-0.39, 0.29) is 24.5 Å². The van der Waals surface area contributed by atoms with Crippen molar-refractivity contribution in [2.75, 3.05) is 6.61 Å². The molecule has 0 radical (unpaired) electrons. The average Bonchev–Trinajstić information content (AvgIpc) is 3.03. The van der Waals surface area contributed by atoms with Crippen LogP contribution < -0.4 is 0 Å². The molecule has 31 heavy (non-hydrogen) atoms. The Balaban J connectivity index is 1.65. The van der Waals surface area contributed by atoms with Gasteiger partial charge in [0.2, 0.25) is 0 Å². The number of hydrogen-bond donors (Lipinski definition) is 1. The molecule has 0 aliphatic carbocycles. The van der Waals surface area contributed by atoms with Crippen molar-refractivity contribution in [2.45, 2.75) is 45.6 Å². The van der Waals surface area contributed by atoms with Crippen molar-refractivity contribution < 1.29 is 19.4 Å². The first-order chi connectivity index (χ1) is 15.0. The summed E-state index contributed by atoms with van der Waals surface area (Å²) in [6, 6.07) is 13.8. The molecule has 2 aromatic heterocycles. The van der Waals surface area contributed by atoms with E-state index < -0.39 is 5.97 Å². The molecule has 1 atom stereocenters. The summed E-state index contributed by atoms with van der Waals surface area (Å²) < 4.78 is 7.77. The Morgan fingerprint density at radius 1 is 1.10 bits per heavy atom.